The maximum atomic E-state index is 11.9. The Morgan fingerprint density at radius 1 is 1.40 bits per heavy atom. The number of amides is 1. The van der Waals surface area contributed by atoms with Gasteiger partial charge in [0.2, 0.25) is 5.88 Å². The molecule has 0 atom stereocenters. The Morgan fingerprint density at radius 2 is 2.05 bits per heavy atom. The maximum Gasteiger partial charge on any atom is 0.422 e. The van der Waals surface area contributed by atoms with Gasteiger partial charge in [0.25, 0.3) is 5.91 Å². The molecule has 1 aromatic heterocycles. The summed E-state index contributed by atoms with van der Waals surface area (Å²) in [6.07, 6.45) is -3.28. The predicted octanol–water partition coefficient (Wildman–Crippen LogP) is 1.49. The van der Waals surface area contributed by atoms with Gasteiger partial charge in [0.1, 0.15) is 0 Å². The average Bonchev–Trinajstić information content (AvgIpc) is 2.35. The lowest BCUT2D eigenvalue weighted by Crippen LogP contribution is -2.48. The highest BCUT2D eigenvalue weighted by Crippen LogP contribution is 2.17. The number of hydrogen-bond acceptors (Lipinski definition) is 4. The van der Waals surface area contributed by atoms with Crippen LogP contribution in [0.3, 0.4) is 0 Å². The molecule has 20 heavy (non-hydrogen) atoms. The molecule has 0 saturated carbocycles. The lowest BCUT2D eigenvalue weighted by Gasteiger charge is -2.24. The molecule has 1 heterocycles. The van der Waals surface area contributed by atoms with Crippen molar-refractivity contribution < 1.29 is 22.7 Å². The van der Waals surface area contributed by atoms with Crippen LogP contribution in [0, 0.1) is 0 Å². The molecule has 1 amide bonds. The third kappa shape index (κ3) is 5.43. The van der Waals surface area contributed by atoms with Gasteiger partial charge in [-0.05, 0) is 19.9 Å². The molecule has 0 bridgehead atoms. The number of nitrogens with one attached hydrogen (secondary N) is 1. The van der Waals surface area contributed by atoms with Crippen LogP contribution in [0.1, 0.15) is 24.2 Å². The lowest BCUT2D eigenvalue weighted by atomic mass is 10.1. The van der Waals surface area contributed by atoms with E-state index in [1.807, 2.05) is 0 Å². The summed E-state index contributed by atoms with van der Waals surface area (Å²) in [5.41, 5.74) is 5.11. The number of hydrogen-bond donors (Lipinski definition) is 2. The first kappa shape index (κ1) is 16.2. The Bertz CT molecular complexity index is 458. The van der Waals surface area contributed by atoms with Crippen LogP contribution < -0.4 is 15.8 Å². The molecule has 0 aromatic carbocycles. The maximum absolute atomic E-state index is 11.9. The van der Waals surface area contributed by atoms with E-state index in [2.05, 4.69) is 15.0 Å². The van der Waals surface area contributed by atoms with Crippen molar-refractivity contribution in [1.82, 2.24) is 10.3 Å². The molecule has 0 radical (unpaired) electrons. The molecule has 5 nitrogen and oxygen atoms in total. The van der Waals surface area contributed by atoms with E-state index in [0.717, 1.165) is 6.20 Å². The SMILES string of the molecule is CC(C)(CN)NC(=O)c1ccc(OCC(F)(F)F)nc1. The number of carbonyl (C=O) groups is 1. The van der Waals surface area contributed by atoms with Gasteiger partial charge in [0.05, 0.1) is 5.56 Å². The monoisotopic (exact) mass is 291 g/mol. The van der Waals surface area contributed by atoms with Gasteiger partial charge in [0, 0.05) is 24.3 Å². The first-order valence-electron chi connectivity index (χ1n) is 5.81. The van der Waals surface area contributed by atoms with Crippen LogP contribution in [-0.4, -0.2) is 35.8 Å². The molecule has 0 spiro atoms. The van der Waals surface area contributed by atoms with Gasteiger partial charge in [-0.15, -0.1) is 0 Å². The van der Waals surface area contributed by atoms with Gasteiger partial charge in [-0.3, -0.25) is 4.79 Å². The Hall–Kier alpha value is -1.83. The predicted molar refractivity (Wildman–Crippen MR) is 66.4 cm³/mol. The number of pyridine rings is 1. The lowest BCUT2D eigenvalue weighted by molar-refractivity contribution is -0.154. The summed E-state index contributed by atoms with van der Waals surface area (Å²) in [5.74, 6) is -0.604. The van der Waals surface area contributed by atoms with Crippen molar-refractivity contribution >= 4 is 5.91 Å². The van der Waals surface area contributed by atoms with Gasteiger partial charge in [-0.25, -0.2) is 4.98 Å². The zero-order valence-corrected chi connectivity index (χ0v) is 11.1. The van der Waals surface area contributed by atoms with Gasteiger partial charge < -0.3 is 15.8 Å². The molecule has 0 aliphatic heterocycles. The summed E-state index contributed by atoms with van der Waals surface area (Å²) in [5, 5.41) is 2.67. The number of nitrogens with zero attached hydrogens (tertiary/aromatic N) is 1. The van der Waals surface area contributed by atoms with Crippen molar-refractivity contribution in [3.63, 3.8) is 0 Å². The topological polar surface area (TPSA) is 77.2 Å². The summed E-state index contributed by atoms with van der Waals surface area (Å²) in [7, 11) is 0. The van der Waals surface area contributed by atoms with Crippen molar-refractivity contribution in [3.8, 4) is 5.88 Å². The van der Waals surface area contributed by atoms with Crippen LogP contribution in [0.2, 0.25) is 0 Å². The summed E-state index contributed by atoms with van der Waals surface area (Å²) >= 11 is 0. The molecule has 112 valence electrons. The minimum absolute atomic E-state index is 0.197. The van der Waals surface area contributed by atoms with Crippen LogP contribution >= 0.6 is 0 Å². The summed E-state index contributed by atoms with van der Waals surface area (Å²) in [6, 6.07) is 2.54. The normalized spacial score (nSPS) is 12.1. The van der Waals surface area contributed by atoms with E-state index < -0.39 is 24.2 Å². The summed E-state index contributed by atoms with van der Waals surface area (Å²) in [4.78, 5) is 15.5. The quantitative estimate of drug-likeness (QED) is 0.861. The van der Waals surface area contributed by atoms with E-state index in [-0.39, 0.29) is 18.0 Å². The largest absolute Gasteiger partial charge is 0.468 e. The molecular formula is C12H16F3N3O2. The van der Waals surface area contributed by atoms with Gasteiger partial charge >= 0.3 is 6.18 Å². The van der Waals surface area contributed by atoms with Crippen molar-refractivity contribution in [3.05, 3.63) is 23.9 Å². The number of rotatable bonds is 5. The number of alkyl halides is 3. The van der Waals surface area contributed by atoms with Crippen LogP contribution in [0.15, 0.2) is 18.3 Å². The molecule has 8 heteroatoms. The Balaban J connectivity index is 2.64. The number of carbonyl (C=O) groups excluding carboxylic acids is 1. The molecular weight excluding hydrogens is 275 g/mol. The minimum atomic E-state index is -4.43. The van der Waals surface area contributed by atoms with Crippen molar-refractivity contribution in [1.29, 1.82) is 0 Å². The zero-order chi connectivity index (χ0) is 15.4. The fourth-order valence-electron chi connectivity index (χ4n) is 1.19. The fourth-order valence-corrected chi connectivity index (χ4v) is 1.19. The number of aromatic nitrogens is 1. The third-order valence-electron chi connectivity index (χ3n) is 2.34. The second-order valence-corrected chi connectivity index (χ2v) is 4.83. The van der Waals surface area contributed by atoms with Gasteiger partial charge in [0.15, 0.2) is 6.61 Å². The van der Waals surface area contributed by atoms with E-state index in [1.54, 1.807) is 13.8 Å². The van der Waals surface area contributed by atoms with Gasteiger partial charge in [-0.2, -0.15) is 13.2 Å². The second kappa shape index (κ2) is 6.08. The molecule has 0 saturated heterocycles. The van der Waals surface area contributed by atoms with Crippen molar-refractivity contribution in [2.45, 2.75) is 25.6 Å². The minimum Gasteiger partial charge on any atom is -0.468 e. The first-order valence-corrected chi connectivity index (χ1v) is 5.81. The molecule has 0 fully saturated rings. The highest BCUT2D eigenvalue weighted by atomic mass is 19.4. The highest BCUT2D eigenvalue weighted by molar-refractivity contribution is 5.94. The number of halogens is 3. The fraction of sp³-hybridized carbons (Fsp3) is 0.500. The molecule has 0 aliphatic rings. The number of nitrogens with two attached hydrogens (primary N) is 1. The average molecular weight is 291 g/mol. The van der Waals surface area contributed by atoms with E-state index in [1.165, 1.54) is 12.1 Å². The zero-order valence-electron chi connectivity index (χ0n) is 11.1. The highest BCUT2D eigenvalue weighted by Gasteiger charge is 2.28. The van der Waals surface area contributed by atoms with Crippen LogP contribution in [0.25, 0.3) is 0 Å². The van der Waals surface area contributed by atoms with Crippen LogP contribution in [-0.2, 0) is 0 Å². The molecule has 3 N–H and O–H groups in total. The van der Waals surface area contributed by atoms with Crippen molar-refractivity contribution in [2.24, 2.45) is 5.73 Å². The standard InChI is InChI=1S/C12H16F3N3O2/c1-11(2,6-16)18-10(19)8-3-4-9(17-5-8)20-7-12(13,14)15/h3-5H,6-7,16H2,1-2H3,(H,18,19). The van der Waals surface area contributed by atoms with Crippen LogP contribution in [0.5, 0.6) is 5.88 Å². The van der Waals surface area contributed by atoms with E-state index in [0.29, 0.717) is 0 Å². The smallest absolute Gasteiger partial charge is 0.422 e. The summed E-state index contributed by atoms with van der Waals surface area (Å²) < 4.78 is 40.3. The van der Waals surface area contributed by atoms with Crippen LogP contribution in [0.4, 0.5) is 13.2 Å². The first-order chi connectivity index (χ1) is 9.13. The third-order valence-corrected chi connectivity index (χ3v) is 2.34. The van der Waals surface area contributed by atoms with Gasteiger partial charge in [-0.1, -0.05) is 0 Å². The van der Waals surface area contributed by atoms with E-state index in [4.69, 9.17) is 5.73 Å². The van der Waals surface area contributed by atoms with E-state index >= 15 is 0 Å². The summed E-state index contributed by atoms with van der Waals surface area (Å²) in [6.45, 7) is 2.32. The Labute approximate surface area is 114 Å². The van der Waals surface area contributed by atoms with Crippen molar-refractivity contribution in [2.75, 3.05) is 13.2 Å². The Kier molecular flexibility index (Phi) is 4.93. The molecule has 0 unspecified atom stereocenters. The molecule has 1 aromatic rings. The molecule has 0 aliphatic carbocycles. The Morgan fingerprint density at radius 3 is 2.50 bits per heavy atom. The molecule has 1 rings (SSSR count). The number of ether oxygens (including phenoxy) is 1. The van der Waals surface area contributed by atoms with E-state index in [9.17, 15) is 18.0 Å². The second-order valence-electron chi connectivity index (χ2n) is 4.83.